The minimum Gasteiger partial charge on any atom is -0.304 e. The van der Waals surface area contributed by atoms with Gasteiger partial charge in [0.25, 0.3) is 0 Å². The molecule has 2 rings (SSSR count). The molecule has 0 saturated carbocycles. The Hall–Kier alpha value is -0.970. The molecular weight excluding hydrogens is 279 g/mol. The van der Waals surface area contributed by atoms with E-state index in [-0.39, 0.29) is 16.7 Å². The maximum Gasteiger partial charge on any atom is 0.142 e. The van der Waals surface area contributed by atoms with Crippen LogP contribution in [0.2, 0.25) is 5.02 Å². The van der Waals surface area contributed by atoms with E-state index in [0.717, 1.165) is 26.2 Å². The highest BCUT2D eigenvalue weighted by atomic mass is 35.5. The third-order valence-corrected chi connectivity index (χ3v) is 4.18. The maximum absolute atomic E-state index is 13.6. The summed E-state index contributed by atoms with van der Waals surface area (Å²) in [6.45, 7) is 6.09. The zero-order chi connectivity index (χ0) is 14.7. The normalized spacial score (nSPS) is 19.0. The number of carbonyl (C=O) groups is 1. The number of Topliss-reactive ketones (excluding diaryl/α,β-unsaturated/α-hetero) is 1. The van der Waals surface area contributed by atoms with Gasteiger partial charge in [0, 0.05) is 32.7 Å². The van der Waals surface area contributed by atoms with Crippen LogP contribution in [0.3, 0.4) is 0 Å². The number of rotatable bonds is 4. The van der Waals surface area contributed by atoms with E-state index in [1.807, 2.05) is 0 Å². The number of likely N-dealkylation sites (N-methyl/N-ethyl adjacent to an activating group) is 1. The largest absolute Gasteiger partial charge is 0.304 e. The molecule has 20 heavy (non-hydrogen) atoms. The van der Waals surface area contributed by atoms with Crippen LogP contribution in [0, 0.1) is 5.82 Å². The Morgan fingerprint density at radius 2 is 2.00 bits per heavy atom. The standard InChI is InChI=1S/C15H20ClFN2O/c1-11(20)13(10-19-7-5-18(2)6-8-19)12-3-4-14(16)15(17)9-12/h3-4,9,13H,5-8,10H2,1-2H3. The number of nitrogens with zero attached hydrogens (tertiary/aromatic N) is 2. The Bertz CT molecular complexity index is 487. The fraction of sp³-hybridized carbons (Fsp3) is 0.533. The highest BCUT2D eigenvalue weighted by molar-refractivity contribution is 6.30. The second-order valence-corrected chi connectivity index (χ2v) is 5.85. The Balaban J connectivity index is 2.10. The van der Waals surface area contributed by atoms with Crippen molar-refractivity contribution in [2.45, 2.75) is 12.8 Å². The zero-order valence-corrected chi connectivity index (χ0v) is 12.7. The summed E-state index contributed by atoms with van der Waals surface area (Å²) in [6.07, 6.45) is 0. The number of ketones is 1. The van der Waals surface area contributed by atoms with Gasteiger partial charge >= 0.3 is 0 Å². The molecule has 0 spiro atoms. The molecule has 1 fully saturated rings. The van der Waals surface area contributed by atoms with E-state index in [1.165, 1.54) is 12.1 Å². The lowest BCUT2D eigenvalue weighted by molar-refractivity contribution is -0.119. The van der Waals surface area contributed by atoms with Crippen molar-refractivity contribution in [3.63, 3.8) is 0 Å². The molecule has 5 heteroatoms. The van der Waals surface area contributed by atoms with E-state index in [1.54, 1.807) is 13.0 Å². The lowest BCUT2D eigenvalue weighted by Crippen LogP contribution is -2.46. The summed E-state index contributed by atoms with van der Waals surface area (Å²) in [5, 5.41) is 0.0932. The summed E-state index contributed by atoms with van der Waals surface area (Å²) in [4.78, 5) is 16.4. The second-order valence-electron chi connectivity index (χ2n) is 5.44. The molecule has 0 N–H and O–H groups in total. The first-order valence-corrected chi connectivity index (χ1v) is 7.21. The molecule has 1 unspecified atom stereocenters. The number of benzene rings is 1. The van der Waals surface area contributed by atoms with E-state index < -0.39 is 5.82 Å². The van der Waals surface area contributed by atoms with E-state index >= 15 is 0 Å². The third-order valence-electron chi connectivity index (χ3n) is 3.87. The minimum absolute atomic E-state index is 0.0608. The molecule has 0 bridgehead atoms. The van der Waals surface area contributed by atoms with Crippen LogP contribution in [0.4, 0.5) is 4.39 Å². The molecule has 0 amide bonds. The van der Waals surface area contributed by atoms with Crippen molar-refractivity contribution in [2.24, 2.45) is 0 Å². The van der Waals surface area contributed by atoms with Crippen LogP contribution < -0.4 is 0 Å². The van der Waals surface area contributed by atoms with Crippen molar-refractivity contribution in [3.05, 3.63) is 34.6 Å². The Morgan fingerprint density at radius 3 is 2.55 bits per heavy atom. The predicted molar refractivity (Wildman–Crippen MR) is 78.8 cm³/mol. The van der Waals surface area contributed by atoms with Gasteiger partial charge in [-0.2, -0.15) is 0 Å². The molecule has 0 radical (unpaired) electrons. The minimum atomic E-state index is -0.464. The smallest absolute Gasteiger partial charge is 0.142 e. The number of piperazine rings is 1. The first kappa shape index (κ1) is 15.4. The van der Waals surface area contributed by atoms with Crippen molar-refractivity contribution >= 4 is 17.4 Å². The quantitative estimate of drug-likeness (QED) is 0.853. The molecule has 1 atom stereocenters. The molecule has 1 saturated heterocycles. The van der Waals surface area contributed by atoms with Gasteiger partial charge in [0.1, 0.15) is 11.6 Å². The van der Waals surface area contributed by atoms with E-state index in [4.69, 9.17) is 11.6 Å². The van der Waals surface area contributed by atoms with Crippen molar-refractivity contribution in [1.82, 2.24) is 9.80 Å². The Morgan fingerprint density at radius 1 is 1.35 bits per heavy atom. The Kier molecular flexibility index (Phi) is 5.13. The first-order chi connectivity index (χ1) is 9.47. The van der Waals surface area contributed by atoms with Gasteiger partial charge in [0.2, 0.25) is 0 Å². The number of hydrogen-bond donors (Lipinski definition) is 0. The van der Waals surface area contributed by atoms with Crippen molar-refractivity contribution in [2.75, 3.05) is 39.8 Å². The summed E-state index contributed by atoms with van der Waals surface area (Å²) in [5.74, 6) is -0.690. The predicted octanol–water partition coefficient (Wildman–Crippen LogP) is 2.40. The van der Waals surface area contributed by atoms with Crippen LogP contribution in [0.15, 0.2) is 18.2 Å². The van der Waals surface area contributed by atoms with Crippen molar-refractivity contribution in [1.29, 1.82) is 0 Å². The van der Waals surface area contributed by atoms with Crippen LogP contribution in [-0.2, 0) is 4.79 Å². The van der Waals surface area contributed by atoms with E-state index in [0.29, 0.717) is 12.1 Å². The van der Waals surface area contributed by atoms with Gasteiger partial charge in [-0.05, 0) is 31.7 Å². The zero-order valence-electron chi connectivity index (χ0n) is 11.9. The van der Waals surface area contributed by atoms with Gasteiger partial charge in [-0.25, -0.2) is 4.39 Å². The summed E-state index contributed by atoms with van der Waals surface area (Å²) in [6, 6.07) is 4.64. The van der Waals surface area contributed by atoms with E-state index in [9.17, 15) is 9.18 Å². The summed E-state index contributed by atoms with van der Waals surface area (Å²) < 4.78 is 13.6. The van der Waals surface area contributed by atoms with Crippen LogP contribution >= 0.6 is 11.6 Å². The first-order valence-electron chi connectivity index (χ1n) is 6.83. The van der Waals surface area contributed by atoms with Gasteiger partial charge in [0.15, 0.2) is 0 Å². The highest BCUT2D eigenvalue weighted by Crippen LogP contribution is 2.23. The molecule has 1 aromatic carbocycles. The SMILES string of the molecule is CC(=O)C(CN1CCN(C)CC1)c1ccc(Cl)c(F)c1. The van der Waals surface area contributed by atoms with Crippen molar-refractivity contribution < 1.29 is 9.18 Å². The highest BCUT2D eigenvalue weighted by Gasteiger charge is 2.23. The van der Waals surface area contributed by atoms with Gasteiger partial charge in [-0.15, -0.1) is 0 Å². The molecule has 3 nitrogen and oxygen atoms in total. The fourth-order valence-corrected chi connectivity index (χ4v) is 2.60. The molecule has 0 aliphatic carbocycles. The lowest BCUT2D eigenvalue weighted by Gasteiger charge is -2.34. The lowest BCUT2D eigenvalue weighted by atomic mass is 9.94. The topological polar surface area (TPSA) is 23.6 Å². The van der Waals surface area contributed by atoms with Gasteiger partial charge in [-0.3, -0.25) is 9.69 Å². The number of carbonyl (C=O) groups excluding carboxylic acids is 1. The summed E-state index contributed by atoms with van der Waals surface area (Å²) >= 11 is 5.70. The number of halogens is 2. The summed E-state index contributed by atoms with van der Waals surface area (Å²) in [7, 11) is 2.09. The monoisotopic (exact) mass is 298 g/mol. The van der Waals surface area contributed by atoms with E-state index in [2.05, 4.69) is 16.8 Å². The fourth-order valence-electron chi connectivity index (χ4n) is 2.49. The van der Waals surface area contributed by atoms with Crippen LogP contribution in [0.25, 0.3) is 0 Å². The second kappa shape index (κ2) is 6.66. The average Bonchev–Trinajstić information content (AvgIpc) is 2.41. The molecule has 1 heterocycles. The van der Waals surface area contributed by atoms with Crippen molar-refractivity contribution in [3.8, 4) is 0 Å². The number of hydrogen-bond acceptors (Lipinski definition) is 3. The summed E-state index contributed by atoms with van der Waals surface area (Å²) in [5.41, 5.74) is 0.707. The molecular formula is C15H20ClFN2O. The average molecular weight is 299 g/mol. The third kappa shape index (κ3) is 3.78. The van der Waals surface area contributed by atoms with Gasteiger partial charge in [0.05, 0.1) is 10.9 Å². The molecule has 0 aromatic heterocycles. The van der Waals surface area contributed by atoms with Gasteiger partial charge in [-0.1, -0.05) is 17.7 Å². The molecule has 1 aliphatic rings. The maximum atomic E-state index is 13.6. The molecule has 1 aliphatic heterocycles. The molecule has 110 valence electrons. The van der Waals surface area contributed by atoms with Gasteiger partial charge < -0.3 is 4.90 Å². The van der Waals surface area contributed by atoms with Crippen LogP contribution in [-0.4, -0.2) is 55.4 Å². The Labute approximate surface area is 124 Å². The van der Waals surface area contributed by atoms with Crippen LogP contribution in [0.5, 0.6) is 0 Å². The van der Waals surface area contributed by atoms with Crippen LogP contribution in [0.1, 0.15) is 18.4 Å². The molecule has 1 aromatic rings.